The van der Waals surface area contributed by atoms with Crippen molar-refractivity contribution in [1.82, 2.24) is 5.32 Å². The highest BCUT2D eigenvalue weighted by Crippen LogP contribution is 2.24. The van der Waals surface area contributed by atoms with Crippen molar-refractivity contribution in [2.75, 3.05) is 19.6 Å². The molecular formula is C13H20N2. The van der Waals surface area contributed by atoms with Crippen LogP contribution < -0.4 is 11.1 Å². The molecule has 82 valence electrons. The average Bonchev–Trinajstić information content (AvgIpc) is 2.82. The zero-order valence-electron chi connectivity index (χ0n) is 9.37. The molecule has 2 rings (SSSR count). The van der Waals surface area contributed by atoms with E-state index in [4.69, 9.17) is 5.73 Å². The summed E-state index contributed by atoms with van der Waals surface area (Å²) >= 11 is 0. The number of rotatable bonds is 3. The van der Waals surface area contributed by atoms with Gasteiger partial charge < -0.3 is 11.1 Å². The first kappa shape index (κ1) is 10.7. The first-order valence-corrected chi connectivity index (χ1v) is 5.82. The molecule has 1 aromatic carbocycles. The Morgan fingerprint density at radius 3 is 2.67 bits per heavy atom. The van der Waals surface area contributed by atoms with Gasteiger partial charge in [0, 0.05) is 6.54 Å². The minimum Gasteiger partial charge on any atom is -0.330 e. The van der Waals surface area contributed by atoms with Crippen molar-refractivity contribution in [3.8, 4) is 0 Å². The summed E-state index contributed by atoms with van der Waals surface area (Å²) in [7, 11) is 0. The zero-order valence-corrected chi connectivity index (χ0v) is 9.37. The topological polar surface area (TPSA) is 38.0 Å². The molecule has 1 aliphatic heterocycles. The first-order chi connectivity index (χ1) is 7.31. The minimum absolute atomic E-state index is 0.473. The molecule has 1 heterocycles. The van der Waals surface area contributed by atoms with Crippen LogP contribution in [0.3, 0.4) is 0 Å². The highest BCUT2D eigenvalue weighted by Gasteiger charge is 2.16. The Hall–Kier alpha value is -0.860. The molecule has 0 amide bonds. The van der Waals surface area contributed by atoms with Crippen LogP contribution in [0.15, 0.2) is 24.3 Å². The number of nitrogens with two attached hydrogens (primary N) is 1. The van der Waals surface area contributed by atoms with E-state index in [0.717, 1.165) is 19.6 Å². The largest absolute Gasteiger partial charge is 0.330 e. The summed E-state index contributed by atoms with van der Waals surface area (Å²) in [4.78, 5) is 0. The van der Waals surface area contributed by atoms with E-state index in [0.29, 0.717) is 11.8 Å². The van der Waals surface area contributed by atoms with Gasteiger partial charge in [0.25, 0.3) is 0 Å². The molecule has 0 aromatic heterocycles. The van der Waals surface area contributed by atoms with Crippen LogP contribution >= 0.6 is 0 Å². The fourth-order valence-electron chi connectivity index (χ4n) is 2.17. The number of benzene rings is 1. The summed E-state index contributed by atoms with van der Waals surface area (Å²) in [5.74, 6) is 1.19. The van der Waals surface area contributed by atoms with Crippen molar-refractivity contribution in [3.63, 3.8) is 0 Å². The van der Waals surface area contributed by atoms with Crippen LogP contribution in [-0.2, 0) is 0 Å². The van der Waals surface area contributed by atoms with Crippen LogP contribution in [0.2, 0.25) is 0 Å². The predicted octanol–water partition coefficient (Wildman–Crippen LogP) is 1.83. The van der Waals surface area contributed by atoms with E-state index in [1.54, 1.807) is 0 Å². The highest BCUT2D eigenvalue weighted by atomic mass is 14.9. The molecule has 0 aliphatic carbocycles. The molecule has 2 heteroatoms. The second-order valence-electron chi connectivity index (χ2n) is 4.49. The van der Waals surface area contributed by atoms with E-state index in [9.17, 15) is 0 Å². The average molecular weight is 204 g/mol. The highest BCUT2D eigenvalue weighted by molar-refractivity contribution is 5.28. The molecule has 1 saturated heterocycles. The molecule has 0 bridgehead atoms. The van der Waals surface area contributed by atoms with Crippen LogP contribution in [0.5, 0.6) is 0 Å². The Morgan fingerprint density at radius 2 is 2.13 bits per heavy atom. The number of nitrogens with one attached hydrogen (secondary N) is 1. The van der Waals surface area contributed by atoms with Gasteiger partial charge in [-0.3, -0.25) is 0 Å². The Labute approximate surface area is 91.9 Å². The Balaban J connectivity index is 2.09. The van der Waals surface area contributed by atoms with Crippen LogP contribution in [0, 0.1) is 0 Å². The smallest absolute Gasteiger partial charge is 0.00206 e. The molecule has 2 nitrogen and oxygen atoms in total. The van der Waals surface area contributed by atoms with Crippen molar-refractivity contribution in [2.45, 2.75) is 25.2 Å². The van der Waals surface area contributed by atoms with Gasteiger partial charge in [0.15, 0.2) is 0 Å². The third-order valence-corrected chi connectivity index (χ3v) is 3.39. The third-order valence-electron chi connectivity index (χ3n) is 3.39. The van der Waals surface area contributed by atoms with Gasteiger partial charge in [-0.15, -0.1) is 0 Å². The molecule has 0 spiro atoms. The lowest BCUT2D eigenvalue weighted by Gasteiger charge is -2.12. The van der Waals surface area contributed by atoms with Gasteiger partial charge in [-0.1, -0.05) is 31.2 Å². The van der Waals surface area contributed by atoms with Gasteiger partial charge in [0.1, 0.15) is 0 Å². The lowest BCUT2D eigenvalue weighted by molar-refractivity contribution is 0.752. The molecule has 0 saturated carbocycles. The molecule has 2 unspecified atom stereocenters. The van der Waals surface area contributed by atoms with E-state index in [2.05, 4.69) is 36.5 Å². The SMILES string of the molecule is CC(CN)c1ccc(C2CCNC2)cc1. The quantitative estimate of drug-likeness (QED) is 0.788. The summed E-state index contributed by atoms with van der Waals surface area (Å²) in [6.45, 7) is 5.19. The molecule has 0 radical (unpaired) electrons. The standard InChI is InChI=1S/C13H20N2/c1-10(8-14)11-2-4-12(5-3-11)13-6-7-15-9-13/h2-5,10,13,15H,6-9,14H2,1H3. The summed E-state index contributed by atoms with van der Waals surface area (Å²) in [5, 5.41) is 3.40. The van der Waals surface area contributed by atoms with Crippen LogP contribution in [0.25, 0.3) is 0 Å². The van der Waals surface area contributed by atoms with Gasteiger partial charge in [-0.25, -0.2) is 0 Å². The molecule has 1 aliphatic rings. The summed E-state index contributed by atoms with van der Waals surface area (Å²) in [6, 6.07) is 8.98. The zero-order chi connectivity index (χ0) is 10.7. The Morgan fingerprint density at radius 1 is 1.40 bits per heavy atom. The van der Waals surface area contributed by atoms with Crippen LogP contribution in [0.1, 0.15) is 36.3 Å². The molecule has 1 fully saturated rings. The molecular weight excluding hydrogens is 184 g/mol. The van der Waals surface area contributed by atoms with Crippen molar-refractivity contribution >= 4 is 0 Å². The van der Waals surface area contributed by atoms with Crippen molar-refractivity contribution in [1.29, 1.82) is 0 Å². The van der Waals surface area contributed by atoms with Crippen molar-refractivity contribution < 1.29 is 0 Å². The van der Waals surface area contributed by atoms with E-state index < -0.39 is 0 Å². The van der Waals surface area contributed by atoms with Crippen LogP contribution in [-0.4, -0.2) is 19.6 Å². The molecule has 2 atom stereocenters. The van der Waals surface area contributed by atoms with E-state index in [1.165, 1.54) is 17.5 Å². The summed E-state index contributed by atoms with van der Waals surface area (Å²) < 4.78 is 0. The Bertz CT molecular complexity index is 299. The monoisotopic (exact) mass is 204 g/mol. The lowest BCUT2D eigenvalue weighted by atomic mass is 9.94. The van der Waals surface area contributed by atoms with Crippen molar-refractivity contribution in [3.05, 3.63) is 35.4 Å². The number of hydrogen-bond donors (Lipinski definition) is 2. The van der Waals surface area contributed by atoms with E-state index in [1.807, 2.05) is 0 Å². The van der Waals surface area contributed by atoms with Crippen LogP contribution in [0.4, 0.5) is 0 Å². The van der Waals surface area contributed by atoms with E-state index in [-0.39, 0.29) is 0 Å². The first-order valence-electron chi connectivity index (χ1n) is 5.82. The Kier molecular flexibility index (Phi) is 3.39. The van der Waals surface area contributed by atoms with Crippen molar-refractivity contribution in [2.24, 2.45) is 5.73 Å². The molecule has 1 aromatic rings. The maximum Gasteiger partial charge on any atom is 0.00206 e. The molecule has 3 N–H and O–H groups in total. The fraction of sp³-hybridized carbons (Fsp3) is 0.538. The number of hydrogen-bond acceptors (Lipinski definition) is 2. The fourth-order valence-corrected chi connectivity index (χ4v) is 2.17. The van der Waals surface area contributed by atoms with Gasteiger partial charge in [0.05, 0.1) is 0 Å². The summed E-state index contributed by atoms with van der Waals surface area (Å²) in [6.07, 6.45) is 1.27. The van der Waals surface area contributed by atoms with Gasteiger partial charge >= 0.3 is 0 Å². The predicted molar refractivity (Wildman–Crippen MR) is 64.1 cm³/mol. The minimum atomic E-state index is 0.473. The lowest BCUT2D eigenvalue weighted by Crippen LogP contribution is -2.10. The summed E-state index contributed by atoms with van der Waals surface area (Å²) in [5.41, 5.74) is 8.47. The second kappa shape index (κ2) is 4.77. The van der Waals surface area contributed by atoms with Gasteiger partial charge in [-0.2, -0.15) is 0 Å². The molecule has 15 heavy (non-hydrogen) atoms. The third kappa shape index (κ3) is 2.39. The van der Waals surface area contributed by atoms with Gasteiger partial charge in [0.2, 0.25) is 0 Å². The normalized spacial score (nSPS) is 22.9. The van der Waals surface area contributed by atoms with E-state index >= 15 is 0 Å². The van der Waals surface area contributed by atoms with Gasteiger partial charge in [-0.05, 0) is 42.5 Å². The maximum atomic E-state index is 5.65. The maximum absolute atomic E-state index is 5.65. The second-order valence-corrected chi connectivity index (χ2v) is 4.49.